The van der Waals surface area contributed by atoms with Crippen molar-refractivity contribution >= 4 is 41.3 Å². The number of hydrogen-bond acceptors (Lipinski definition) is 4. The zero-order chi connectivity index (χ0) is 20.8. The summed E-state index contributed by atoms with van der Waals surface area (Å²) < 4.78 is 43.9. The zero-order valence-corrected chi connectivity index (χ0v) is 20.6. The first-order chi connectivity index (χ1) is 13.1. The first kappa shape index (κ1) is 26.4. The van der Waals surface area contributed by atoms with Crippen LogP contribution in [-0.2, 0) is 17.3 Å². The number of rotatable bonds is 6. The van der Waals surface area contributed by atoms with Gasteiger partial charge in [-0.05, 0) is 25.2 Å². The van der Waals surface area contributed by atoms with Crippen molar-refractivity contribution in [2.75, 3.05) is 26.2 Å². The van der Waals surface area contributed by atoms with Gasteiger partial charge in [0.05, 0.1) is 11.1 Å². The molecule has 10 heteroatoms. The first-order valence-electron chi connectivity index (χ1n) is 9.76. The van der Waals surface area contributed by atoms with E-state index in [-0.39, 0.29) is 35.5 Å². The zero-order valence-electron chi connectivity index (χ0n) is 17.4. The molecule has 0 aliphatic carbocycles. The van der Waals surface area contributed by atoms with Crippen molar-refractivity contribution in [2.45, 2.75) is 59.2 Å². The van der Waals surface area contributed by atoms with Crippen molar-refractivity contribution in [1.82, 2.24) is 15.6 Å². The van der Waals surface area contributed by atoms with Gasteiger partial charge in [-0.2, -0.15) is 13.2 Å². The molecular weight excluding hydrogens is 516 g/mol. The normalized spacial score (nSPS) is 20.9. The van der Waals surface area contributed by atoms with Gasteiger partial charge in [0.25, 0.3) is 0 Å². The molecule has 1 aromatic heterocycles. The summed E-state index contributed by atoms with van der Waals surface area (Å²) in [6.07, 6.45) is -1.66. The lowest BCUT2D eigenvalue weighted by atomic mass is 9.78. The van der Waals surface area contributed by atoms with Crippen LogP contribution in [0.5, 0.6) is 0 Å². The van der Waals surface area contributed by atoms with Crippen LogP contribution in [0.4, 0.5) is 13.2 Å². The number of hydrogen-bond donors (Lipinski definition) is 2. The summed E-state index contributed by atoms with van der Waals surface area (Å²) in [5, 5.41) is 7.91. The van der Waals surface area contributed by atoms with Crippen LogP contribution in [0.2, 0.25) is 0 Å². The number of aliphatic imine (C=N–C) groups is 1. The predicted molar refractivity (Wildman–Crippen MR) is 122 cm³/mol. The van der Waals surface area contributed by atoms with Gasteiger partial charge in [-0.15, -0.1) is 35.3 Å². The quantitative estimate of drug-likeness (QED) is 0.307. The molecule has 1 fully saturated rings. The molecule has 0 radical (unpaired) electrons. The molecule has 5 nitrogen and oxygen atoms in total. The van der Waals surface area contributed by atoms with Crippen LogP contribution in [0, 0.1) is 11.3 Å². The van der Waals surface area contributed by atoms with Gasteiger partial charge in [-0.3, -0.25) is 4.99 Å². The van der Waals surface area contributed by atoms with Crippen LogP contribution in [0.3, 0.4) is 0 Å². The summed E-state index contributed by atoms with van der Waals surface area (Å²) in [5.41, 5.74) is -0.758. The molecule has 0 bridgehead atoms. The average Bonchev–Trinajstić information content (AvgIpc) is 3.08. The molecule has 0 aromatic carbocycles. The molecule has 2 rings (SSSR count). The highest BCUT2D eigenvalue weighted by Gasteiger charge is 2.35. The minimum atomic E-state index is -4.38. The number of aromatic nitrogens is 1. The minimum absolute atomic E-state index is 0. The Labute approximate surface area is 192 Å². The average molecular weight is 548 g/mol. The molecule has 1 saturated heterocycles. The summed E-state index contributed by atoms with van der Waals surface area (Å²) in [6.45, 7) is 11.2. The third kappa shape index (κ3) is 8.56. The predicted octanol–water partition coefficient (Wildman–Crippen LogP) is 4.72. The molecule has 0 amide bonds. The van der Waals surface area contributed by atoms with Crippen LogP contribution in [0.1, 0.15) is 51.2 Å². The van der Waals surface area contributed by atoms with Crippen molar-refractivity contribution in [3.8, 4) is 0 Å². The molecular formula is C19H32F3IN4OS. The Bertz CT molecular complexity index is 646. The summed E-state index contributed by atoms with van der Waals surface area (Å²) in [7, 11) is 0. The van der Waals surface area contributed by atoms with Crippen molar-refractivity contribution in [3.63, 3.8) is 0 Å². The number of ether oxygens (including phenoxy) is 1. The van der Waals surface area contributed by atoms with Gasteiger partial charge in [0, 0.05) is 44.0 Å². The second kappa shape index (κ2) is 11.7. The van der Waals surface area contributed by atoms with E-state index in [4.69, 9.17) is 9.73 Å². The lowest BCUT2D eigenvalue weighted by molar-refractivity contribution is -0.140. The third-order valence-electron chi connectivity index (χ3n) is 4.60. The molecule has 0 saturated carbocycles. The highest BCUT2D eigenvalue weighted by molar-refractivity contribution is 14.0. The molecule has 0 spiro atoms. The number of halogens is 4. The van der Waals surface area contributed by atoms with Crippen molar-refractivity contribution in [1.29, 1.82) is 0 Å². The highest BCUT2D eigenvalue weighted by atomic mass is 127. The lowest BCUT2D eigenvalue weighted by Crippen LogP contribution is -2.43. The van der Waals surface area contributed by atoms with Crippen molar-refractivity contribution < 1.29 is 17.9 Å². The van der Waals surface area contributed by atoms with Crippen LogP contribution in [-0.4, -0.2) is 43.3 Å². The summed E-state index contributed by atoms with van der Waals surface area (Å²) in [4.78, 5) is 8.35. The van der Waals surface area contributed by atoms with Gasteiger partial charge >= 0.3 is 6.18 Å². The number of nitrogens with one attached hydrogen (secondary N) is 2. The summed E-state index contributed by atoms with van der Waals surface area (Å²) in [6, 6.07) is 0. The number of alkyl halides is 3. The smallest absolute Gasteiger partial charge is 0.377 e. The van der Waals surface area contributed by atoms with Crippen molar-refractivity contribution in [2.24, 2.45) is 16.3 Å². The SMILES string of the molecule is CCNC(=NCC1CCCOC1C(C)(C)C)NCCc1nc(C(F)(F)F)cs1.I. The maximum absolute atomic E-state index is 12.6. The maximum atomic E-state index is 12.6. The van der Waals surface area contributed by atoms with Gasteiger partial charge < -0.3 is 15.4 Å². The second-order valence-corrected chi connectivity index (χ2v) is 9.02. The molecule has 1 aliphatic rings. The number of guanidine groups is 1. The van der Waals surface area contributed by atoms with Gasteiger partial charge in [-0.25, -0.2) is 4.98 Å². The topological polar surface area (TPSA) is 58.5 Å². The van der Waals surface area contributed by atoms with E-state index in [1.165, 1.54) is 0 Å². The number of thiazole rings is 1. The maximum Gasteiger partial charge on any atom is 0.434 e. The Hall–Kier alpha value is -0.620. The standard InChI is InChI=1S/C19H31F3N4OS.HI/c1-5-23-17(24-9-8-15-26-14(12-28-15)19(20,21)22)25-11-13-7-6-10-27-16(13)18(2,3)4;/h12-13,16H,5-11H2,1-4H3,(H2,23,24,25);1H. The van der Waals surface area contributed by atoms with E-state index < -0.39 is 11.9 Å². The molecule has 29 heavy (non-hydrogen) atoms. The Morgan fingerprint density at radius 2 is 2.03 bits per heavy atom. The van der Waals surface area contributed by atoms with E-state index in [0.717, 1.165) is 36.2 Å². The number of nitrogens with zero attached hydrogens (tertiary/aromatic N) is 2. The van der Waals surface area contributed by atoms with Crippen LogP contribution in [0.15, 0.2) is 10.4 Å². The third-order valence-corrected chi connectivity index (χ3v) is 5.51. The van der Waals surface area contributed by atoms with Gasteiger partial charge in [0.2, 0.25) is 0 Å². The summed E-state index contributed by atoms with van der Waals surface area (Å²) >= 11 is 1.03. The molecule has 168 valence electrons. The summed E-state index contributed by atoms with van der Waals surface area (Å²) in [5.74, 6) is 1.03. The largest absolute Gasteiger partial charge is 0.434 e. The Morgan fingerprint density at radius 3 is 2.62 bits per heavy atom. The molecule has 2 atom stereocenters. The van der Waals surface area contributed by atoms with Crippen LogP contribution in [0.25, 0.3) is 0 Å². The minimum Gasteiger partial charge on any atom is -0.377 e. The fourth-order valence-corrected chi connectivity index (χ4v) is 4.19. The van der Waals surface area contributed by atoms with Gasteiger partial charge in [-0.1, -0.05) is 20.8 Å². The molecule has 2 heterocycles. The fourth-order valence-electron chi connectivity index (χ4n) is 3.38. The molecule has 1 aliphatic heterocycles. The fraction of sp³-hybridized carbons (Fsp3) is 0.789. The Morgan fingerprint density at radius 1 is 1.31 bits per heavy atom. The Kier molecular flexibility index (Phi) is 10.6. The highest BCUT2D eigenvalue weighted by Crippen LogP contribution is 2.34. The monoisotopic (exact) mass is 548 g/mol. The molecule has 1 aromatic rings. The van der Waals surface area contributed by atoms with E-state index in [1.54, 1.807) is 0 Å². The van der Waals surface area contributed by atoms with Crippen molar-refractivity contribution in [3.05, 3.63) is 16.1 Å². The second-order valence-electron chi connectivity index (χ2n) is 8.08. The molecule has 2 N–H and O–H groups in total. The van der Waals surface area contributed by atoms with Gasteiger partial charge in [0.15, 0.2) is 11.7 Å². The van der Waals surface area contributed by atoms with E-state index in [1.807, 2.05) is 6.92 Å². The van der Waals surface area contributed by atoms with Gasteiger partial charge in [0.1, 0.15) is 0 Å². The van der Waals surface area contributed by atoms with Crippen LogP contribution < -0.4 is 10.6 Å². The van der Waals surface area contributed by atoms with E-state index in [2.05, 4.69) is 36.4 Å². The first-order valence-corrected chi connectivity index (χ1v) is 10.6. The van der Waals surface area contributed by atoms with Crippen LogP contribution >= 0.6 is 35.3 Å². The Balaban J connectivity index is 0.00000420. The van der Waals surface area contributed by atoms with E-state index in [0.29, 0.717) is 42.9 Å². The van der Waals surface area contributed by atoms with E-state index >= 15 is 0 Å². The molecule has 2 unspecified atom stereocenters. The lowest BCUT2D eigenvalue weighted by Gasteiger charge is -2.39. The van der Waals surface area contributed by atoms with E-state index in [9.17, 15) is 13.2 Å².